The van der Waals surface area contributed by atoms with Crippen LogP contribution < -0.4 is 10.1 Å². The molecule has 0 radical (unpaired) electrons. The summed E-state index contributed by atoms with van der Waals surface area (Å²) in [5.41, 5.74) is -0.748. The molecule has 0 aliphatic carbocycles. The van der Waals surface area contributed by atoms with E-state index in [1.165, 1.54) is 0 Å². The molecule has 1 atom stereocenters. The summed E-state index contributed by atoms with van der Waals surface area (Å²) in [5.74, 6) is 0.714. The van der Waals surface area contributed by atoms with E-state index in [0.29, 0.717) is 26.0 Å². The van der Waals surface area contributed by atoms with E-state index < -0.39 is 5.54 Å². The first-order valence-corrected chi connectivity index (χ1v) is 7.34. The minimum atomic E-state index is -0.748. The van der Waals surface area contributed by atoms with Gasteiger partial charge >= 0.3 is 0 Å². The van der Waals surface area contributed by atoms with E-state index in [9.17, 15) is 9.59 Å². The number of nitrogens with one attached hydrogen (secondary N) is 1. The van der Waals surface area contributed by atoms with E-state index in [0.717, 1.165) is 5.75 Å². The Morgan fingerprint density at radius 3 is 2.67 bits per heavy atom. The summed E-state index contributed by atoms with van der Waals surface area (Å²) >= 11 is 0. The zero-order valence-electron chi connectivity index (χ0n) is 12.6. The number of nitrogens with zero attached hydrogens (tertiary/aromatic N) is 1. The molecule has 1 aromatic rings. The lowest BCUT2D eigenvalue weighted by Crippen LogP contribution is -2.65. The van der Waals surface area contributed by atoms with Crippen LogP contribution in [0.3, 0.4) is 0 Å². The van der Waals surface area contributed by atoms with Crippen molar-refractivity contribution in [3.63, 3.8) is 0 Å². The second-order valence-corrected chi connectivity index (χ2v) is 5.37. The van der Waals surface area contributed by atoms with E-state index in [-0.39, 0.29) is 18.4 Å². The Morgan fingerprint density at radius 1 is 1.29 bits per heavy atom. The van der Waals surface area contributed by atoms with Gasteiger partial charge in [0.25, 0.3) is 0 Å². The molecular weight excluding hydrogens is 268 g/mol. The third-order valence-electron chi connectivity index (χ3n) is 4.01. The molecule has 2 rings (SSSR count). The van der Waals surface area contributed by atoms with Gasteiger partial charge in [0.2, 0.25) is 11.8 Å². The topological polar surface area (TPSA) is 58.6 Å². The SMILES string of the molecule is CCC1(C)C(=O)NCC(=O)N1CCCOc1ccccc1. The van der Waals surface area contributed by atoms with Crippen molar-refractivity contribution in [1.82, 2.24) is 10.2 Å². The molecule has 114 valence electrons. The summed E-state index contributed by atoms with van der Waals surface area (Å²) in [6.45, 7) is 4.88. The first-order chi connectivity index (χ1) is 10.1. The average molecular weight is 290 g/mol. The summed E-state index contributed by atoms with van der Waals surface area (Å²) in [4.78, 5) is 25.8. The van der Waals surface area contributed by atoms with Crippen LogP contribution in [-0.4, -0.2) is 41.9 Å². The number of carbonyl (C=O) groups is 2. The predicted molar refractivity (Wildman–Crippen MR) is 80.0 cm³/mol. The van der Waals surface area contributed by atoms with Crippen molar-refractivity contribution >= 4 is 11.8 Å². The molecule has 5 heteroatoms. The van der Waals surface area contributed by atoms with Crippen molar-refractivity contribution < 1.29 is 14.3 Å². The first-order valence-electron chi connectivity index (χ1n) is 7.34. The van der Waals surface area contributed by atoms with Crippen LogP contribution in [-0.2, 0) is 9.59 Å². The van der Waals surface area contributed by atoms with Crippen molar-refractivity contribution in [1.29, 1.82) is 0 Å². The van der Waals surface area contributed by atoms with Gasteiger partial charge in [0, 0.05) is 6.54 Å². The van der Waals surface area contributed by atoms with E-state index in [2.05, 4.69) is 5.32 Å². The lowest BCUT2D eigenvalue weighted by Gasteiger charge is -2.43. The third kappa shape index (κ3) is 3.35. The van der Waals surface area contributed by atoms with Gasteiger partial charge in [-0.25, -0.2) is 0 Å². The van der Waals surface area contributed by atoms with Crippen molar-refractivity contribution in [2.45, 2.75) is 32.2 Å². The second-order valence-electron chi connectivity index (χ2n) is 5.37. The molecule has 1 unspecified atom stereocenters. The minimum absolute atomic E-state index is 0.0290. The molecule has 0 aromatic heterocycles. The molecule has 1 aromatic carbocycles. The molecule has 5 nitrogen and oxygen atoms in total. The monoisotopic (exact) mass is 290 g/mol. The highest BCUT2D eigenvalue weighted by Gasteiger charge is 2.43. The number of para-hydroxylation sites is 1. The number of benzene rings is 1. The van der Waals surface area contributed by atoms with E-state index in [1.807, 2.05) is 44.2 Å². The first kappa shape index (κ1) is 15.4. The normalized spacial score (nSPS) is 22.1. The molecule has 1 aliphatic rings. The van der Waals surface area contributed by atoms with E-state index in [4.69, 9.17) is 4.74 Å². The molecule has 1 N–H and O–H groups in total. The average Bonchev–Trinajstić information content (AvgIpc) is 2.51. The molecule has 2 amide bonds. The number of rotatable bonds is 6. The van der Waals surface area contributed by atoms with Gasteiger partial charge in [-0.05, 0) is 31.9 Å². The lowest BCUT2D eigenvalue weighted by molar-refractivity contribution is -0.153. The van der Waals surface area contributed by atoms with Crippen LogP contribution in [0.1, 0.15) is 26.7 Å². The van der Waals surface area contributed by atoms with Gasteiger partial charge in [0.15, 0.2) is 0 Å². The molecule has 0 spiro atoms. The molecule has 1 heterocycles. The molecule has 0 saturated carbocycles. The smallest absolute Gasteiger partial charge is 0.246 e. The highest BCUT2D eigenvalue weighted by Crippen LogP contribution is 2.23. The van der Waals surface area contributed by atoms with Gasteiger partial charge in [-0.15, -0.1) is 0 Å². The molecule has 0 bridgehead atoms. The Balaban J connectivity index is 1.88. The number of ether oxygens (including phenoxy) is 1. The highest BCUT2D eigenvalue weighted by molar-refractivity contribution is 5.97. The van der Waals surface area contributed by atoms with Crippen molar-refractivity contribution in [3.05, 3.63) is 30.3 Å². The molecule has 1 saturated heterocycles. The maximum atomic E-state index is 12.0. The summed E-state index contributed by atoms with van der Waals surface area (Å²) < 4.78 is 5.62. The van der Waals surface area contributed by atoms with Gasteiger partial charge in [-0.3, -0.25) is 9.59 Å². The van der Waals surface area contributed by atoms with Crippen LogP contribution in [0.5, 0.6) is 5.75 Å². The Bertz CT molecular complexity index is 504. The summed E-state index contributed by atoms with van der Waals surface area (Å²) in [6.07, 6.45) is 1.30. The van der Waals surface area contributed by atoms with Crippen LogP contribution in [0.4, 0.5) is 0 Å². The molecular formula is C16H22N2O3. The van der Waals surface area contributed by atoms with Crippen LogP contribution in [0, 0.1) is 0 Å². The fourth-order valence-corrected chi connectivity index (χ4v) is 2.49. The van der Waals surface area contributed by atoms with Gasteiger partial charge in [-0.1, -0.05) is 25.1 Å². The molecule has 21 heavy (non-hydrogen) atoms. The lowest BCUT2D eigenvalue weighted by atomic mass is 9.92. The minimum Gasteiger partial charge on any atom is -0.494 e. The second kappa shape index (κ2) is 6.61. The van der Waals surface area contributed by atoms with Crippen LogP contribution in [0.2, 0.25) is 0 Å². The Morgan fingerprint density at radius 2 is 2.00 bits per heavy atom. The van der Waals surface area contributed by atoms with Gasteiger partial charge in [-0.2, -0.15) is 0 Å². The molecule has 1 fully saturated rings. The Labute approximate surface area is 125 Å². The standard InChI is InChI=1S/C16H22N2O3/c1-3-16(2)15(20)17-12-14(19)18(16)10-7-11-21-13-8-5-4-6-9-13/h4-6,8-9H,3,7,10-12H2,1-2H3,(H,17,20). The maximum Gasteiger partial charge on any atom is 0.246 e. The van der Waals surface area contributed by atoms with Crippen LogP contribution in [0.15, 0.2) is 30.3 Å². The summed E-state index contributed by atoms with van der Waals surface area (Å²) in [5, 5.41) is 2.66. The van der Waals surface area contributed by atoms with Crippen molar-refractivity contribution in [2.75, 3.05) is 19.7 Å². The third-order valence-corrected chi connectivity index (χ3v) is 4.01. The van der Waals surface area contributed by atoms with Crippen LogP contribution in [0.25, 0.3) is 0 Å². The number of carbonyl (C=O) groups excluding carboxylic acids is 2. The number of amides is 2. The maximum absolute atomic E-state index is 12.0. The highest BCUT2D eigenvalue weighted by atomic mass is 16.5. The zero-order valence-corrected chi connectivity index (χ0v) is 12.6. The fourth-order valence-electron chi connectivity index (χ4n) is 2.49. The molecule has 1 aliphatic heterocycles. The number of hydrogen-bond acceptors (Lipinski definition) is 3. The van der Waals surface area contributed by atoms with E-state index >= 15 is 0 Å². The Kier molecular flexibility index (Phi) is 4.83. The quantitative estimate of drug-likeness (QED) is 0.809. The predicted octanol–water partition coefficient (Wildman–Crippen LogP) is 1.58. The van der Waals surface area contributed by atoms with E-state index in [1.54, 1.807) is 4.90 Å². The van der Waals surface area contributed by atoms with Gasteiger partial charge < -0.3 is 15.0 Å². The Hall–Kier alpha value is -2.04. The number of piperazine rings is 1. The largest absolute Gasteiger partial charge is 0.494 e. The van der Waals surface area contributed by atoms with Gasteiger partial charge in [0.1, 0.15) is 11.3 Å². The summed E-state index contributed by atoms with van der Waals surface area (Å²) in [7, 11) is 0. The summed E-state index contributed by atoms with van der Waals surface area (Å²) in [6, 6.07) is 9.57. The fraction of sp³-hybridized carbons (Fsp3) is 0.500. The van der Waals surface area contributed by atoms with Crippen molar-refractivity contribution in [2.24, 2.45) is 0 Å². The zero-order chi connectivity index (χ0) is 15.3. The van der Waals surface area contributed by atoms with Crippen LogP contribution >= 0.6 is 0 Å². The number of hydrogen-bond donors (Lipinski definition) is 1. The van der Waals surface area contributed by atoms with Crippen molar-refractivity contribution in [3.8, 4) is 5.75 Å². The van der Waals surface area contributed by atoms with Gasteiger partial charge in [0.05, 0.1) is 13.2 Å².